The van der Waals surface area contributed by atoms with Crippen molar-refractivity contribution in [1.82, 2.24) is 0 Å². The van der Waals surface area contributed by atoms with Crippen LogP contribution in [0.15, 0.2) is 53.5 Å². The Kier molecular flexibility index (Phi) is 34.0. The predicted octanol–water partition coefficient (Wildman–Crippen LogP) is 13.0. The number of carbonyl (C=O) groups excluding carboxylic acids is 3. The monoisotopic (exact) mass is 921 g/mol. The van der Waals surface area contributed by atoms with Crippen molar-refractivity contribution in [2.45, 2.75) is 199 Å². The van der Waals surface area contributed by atoms with Gasteiger partial charge in [0.05, 0.1) is 39.6 Å². The molecular weight excluding hydrogens is 837 g/mol. The Balaban J connectivity index is 2.62. The molecule has 0 saturated carbocycles. The topological polar surface area (TPSA) is 161 Å². The summed E-state index contributed by atoms with van der Waals surface area (Å²) in [5, 5.41) is 0. The van der Waals surface area contributed by atoms with Gasteiger partial charge in [-0.2, -0.15) is 8.42 Å². The van der Waals surface area contributed by atoms with Gasteiger partial charge in [0.1, 0.15) is 4.90 Å². The van der Waals surface area contributed by atoms with Crippen LogP contribution in [0.4, 0.5) is 0 Å². The third kappa shape index (κ3) is 30.3. The van der Waals surface area contributed by atoms with Gasteiger partial charge in [0.15, 0.2) is 11.5 Å². The molecule has 0 aliphatic carbocycles. The molecule has 13 heteroatoms. The molecule has 0 fully saturated rings. The molecule has 12 nitrogen and oxygen atoms in total. The average Bonchev–Trinajstić information content (AvgIpc) is 3.25. The zero-order chi connectivity index (χ0) is 47.3. The largest absolute Gasteiger partial charge is 0.490 e. The Morgan fingerprint density at radius 1 is 0.406 bits per heavy atom. The molecule has 0 amide bonds. The summed E-state index contributed by atoms with van der Waals surface area (Å²) in [5.41, 5.74) is 1.27. The number of hydrogen-bond donors (Lipinski definition) is 1. The Bertz CT molecular complexity index is 1600. The third-order valence-corrected chi connectivity index (χ3v) is 11.6. The molecular formula is C51H84O12S. The van der Waals surface area contributed by atoms with Crippen LogP contribution in [0.3, 0.4) is 0 Å². The lowest BCUT2D eigenvalue weighted by molar-refractivity contribution is -0.139. The molecule has 0 bridgehead atoms. The molecule has 1 aromatic rings. The standard InChI is InChI=1S/C51H84O12S/c1-42(2)49(52)61-39-31-25-19-13-7-10-16-22-28-36-58-45-34-35-46(64(55,56)57)48(60-38-30-24-18-12-9-15-21-27-33-41-63-51(54)44(5)6)47(45)59-37-29-23-17-11-8-14-20-26-32-40-62-50(53)43(3)4/h34-35H,1,3,5,7-33,36-41H2,2,4,6H3,(H,55,56,57). The number of ether oxygens (including phenoxy) is 6. The summed E-state index contributed by atoms with van der Waals surface area (Å²) >= 11 is 0. The first-order valence-electron chi connectivity index (χ1n) is 24.3. The highest BCUT2D eigenvalue weighted by molar-refractivity contribution is 7.86. The van der Waals surface area contributed by atoms with Gasteiger partial charge in [-0.05, 0) is 71.4 Å². The molecule has 0 spiro atoms. The third-order valence-electron chi connectivity index (χ3n) is 10.7. The van der Waals surface area contributed by atoms with E-state index in [-0.39, 0.29) is 40.9 Å². The molecule has 0 radical (unpaired) electrons. The van der Waals surface area contributed by atoms with E-state index in [4.69, 9.17) is 28.4 Å². The van der Waals surface area contributed by atoms with Gasteiger partial charge in [-0.15, -0.1) is 0 Å². The normalized spacial score (nSPS) is 11.2. The fourth-order valence-electron chi connectivity index (χ4n) is 6.84. The molecule has 0 saturated heterocycles. The van der Waals surface area contributed by atoms with Crippen LogP contribution in [-0.2, 0) is 38.7 Å². The van der Waals surface area contributed by atoms with E-state index in [1.807, 2.05) is 0 Å². The van der Waals surface area contributed by atoms with Crippen LogP contribution in [0.2, 0.25) is 0 Å². The summed E-state index contributed by atoms with van der Waals surface area (Å²) in [7, 11) is -4.60. The zero-order valence-electron chi connectivity index (χ0n) is 40.0. The predicted molar refractivity (Wildman–Crippen MR) is 255 cm³/mol. The highest BCUT2D eigenvalue weighted by Gasteiger charge is 2.25. The van der Waals surface area contributed by atoms with Gasteiger partial charge in [-0.25, -0.2) is 14.4 Å². The van der Waals surface area contributed by atoms with E-state index in [2.05, 4.69) is 19.7 Å². The number of rotatable bonds is 43. The first kappa shape index (κ1) is 58.2. The van der Waals surface area contributed by atoms with Crippen molar-refractivity contribution >= 4 is 28.0 Å². The van der Waals surface area contributed by atoms with Crippen molar-refractivity contribution in [1.29, 1.82) is 0 Å². The molecule has 366 valence electrons. The molecule has 0 aliphatic rings. The smallest absolute Gasteiger partial charge is 0.333 e. The van der Waals surface area contributed by atoms with Gasteiger partial charge in [-0.1, -0.05) is 155 Å². The molecule has 0 heterocycles. The lowest BCUT2D eigenvalue weighted by Gasteiger charge is -2.19. The molecule has 0 atom stereocenters. The Morgan fingerprint density at radius 3 is 0.938 bits per heavy atom. The fraction of sp³-hybridized carbons (Fsp3) is 0.706. The fourth-order valence-corrected chi connectivity index (χ4v) is 7.46. The molecule has 1 N–H and O–H groups in total. The lowest BCUT2D eigenvalue weighted by Crippen LogP contribution is -2.10. The van der Waals surface area contributed by atoms with Crippen LogP contribution < -0.4 is 14.2 Å². The van der Waals surface area contributed by atoms with Crippen molar-refractivity contribution in [3.8, 4) is 17.2 Å². The first-order valence-corrected chi connectivity index (χ1v) is 25.7. The number of benzene rings is 1. The van der Waals surface area contributed by atoms with E-state index < -0.39 is 10.1 Å². The van der Waals surface area contributed by atoms with Crippen LogP contribution in [0.5, 0.6) is 17.2 Å². The van der Waals surface area contributed by atoms with Crippen molar-refractivity contribution in [2.75, 3.05) is 39.6 Å². The van der Waals surface area contributed by atoms with Crippen LogP contribution in [-0.4, -0.2) is 70.5 Å². The minimum atomic E-state index is -4.60. The second-order valence-corrected chi connectivity index (χ2v) is 18.4. The minimum Gasteiger partial charge on any atom is -0.490 e. The van der Waals surface area contributed by atoms with Crippen molar-refractivity contribution in [3.05, 3.63) is 48.6 Å². The highest BCUT2D eigenvalue weighted by Crippen LogP contribution is 2.43. The van der Waals surface area contributed by atoms with Crippen molar-refractivity contribution in [3.63, 3.8) is 0 Å². The summed E-state index contributed by atoms with van der Waals surface area (Å²) in [6.45, 7) is 18.1. The SMILES string of the molecule is C=C(C)C(=O)OCCCCCCCCCCCOc1ccc(S(=O)(=O)O)c(OCCCCCCCCCCCOC(=O)C(=C)C)c1OCCCCCCCCCCCOC(=O)C(=C)C. The summed E-state index contributed by atoms with van der Waals surface area (Å²) < 4.78 is 69.3. The second-order valence-electron chi connectivity index (χ2n) is 17.0. The number of hydrogen-bond acceptors (Lipinski definition) is 11. The Labute approximate surface area is 387 Å². The van der Waals surface area contributed by atoms with Crippen molar-refractivity contribution < 1.29 is 55.8 Å². The minimum absolute atomic E-state index is 0.00250. The molecule has 0 aromatic heterocycles. The average molecular weight is 921 g/mol. The number of unbranched alkanes of at least 4 members (excludes halogenated alkanes) is 24. The van der Waals surface area contributed by atoms with Gasteiger partial charge in [0.25, 0.3) is 10.1 Å². The second kappa shape index (κ2) is 37.4. The molecule has 0 unspecified atom stereocenters. The van der Waals surface area contributed by atoms with Crippen LogP contribution in [0.1, 0.15) is 194 Å². The number of carbonyl (C=O) groups is 3. The summed E-state index contributed by atoms with van der Waals surface area (Å²) in [6.07, 6.45) is 27.4. The van der Waals surface area contributed by atoms with Gasteiger partial charge in [-0.3, -0.25) is 4.55 Å². The zero-order valence-corrected chi connectivity index (χ0v) is 40.8. The Hall–Kier alpha value is -3.84. The summed E-state index contributed by atoms with van der Waals surface area (Å²) in [5.74, 6) is -0.378. The first-order chi connectivity index (χ1) is 30.8. The van der Waals surface area contributed by atoms with E-state index in [1.54, 1.807) is 26.8 Å². The van der Waals surface area contributed by atoms with Crippen LogP contribution in [0.25, 0.3) is 0 Å². The van der Waals surface area contributed by atoms with Crippen LogP contribution >= 0.6 is 0 Å². The Morgan fingerprint density at radius 2 is 0.656 bits per heavy atom. The van der Waals surface area contributed by atoms with E-state index >= 15 is 0 Å². The number of esters is 3. The molecule has 1 rings (SSSR count). The molecule has 0 aliphatic heterocycles. The maximum atomic E-state index is 12.5. The van der Waals surface area contributed by atoms with Crippen molar-refractivity contribution in [2.24, 2.45) is 0 Å². The maximum Gasteiger partial charge on any atom is 0.333 e. The van der Waals surface area contributed by atoms with E-state index in [0.29, 0.717) is 55.5 Å². The van der Waals surface area contributed by atoms with Gasteiger partial charge in [0.2, 0.25) is 5.75 Å². The lowest BCUT2D eigenvalue weighted by atomic mass is 10.1. The van der Waals surface area contributed by atoms with Gasteiger partial charge < -0.3 is 28.4 Å². The van der Waals surface area contributed by atoms with E-state index in [0.717, 1.165) is 173 Å². The summed E-state index contributed by atoms with van der Waals surface area (Å²) in [4.78, 5) is 34.1. The maximum absolute atomic E-state index is 12.5. The molecule has 1 aromatic carbocycles. The van der Waals surface area contributed by atoms with E-state index in [9.17, 15) is 27.4 Å². The van der Waals surface area contributed by atoms with Crippen LogP contribution in [0, 0.1) is 0 Å². The quantitative estimate of drug-likeness (QED) is 0.0217. The van der Waals surface area contributed by atoms with E-state index in [1.165, 1.54) is 6.07 Å². The molecule has 64 heavy (non-hydrogen) atoms. The van der Waals surface area contributed by atoms with Gasteiger partial charge in [0, 0.05) is 16.7 Å². The summed E-state index contributed by atoms with van der Waals surface area (Å²) in [6, 6.07) is 2.88. The van der Waals surface area contributed by atoms with Gasteiger partial charge >= 0.3 is 17.9 Å². The highest BCUT2D eigenvalue weighted by atomic mass is 32.2.